The second-order valence-electron chi connectivity index (χ2n) is 5.02. The Labute approximate surface area is 127 Å². The van der Waals surface area contributed by atoms with E-state index in [4.69, 9.17) is 0 Å². The van der Waals surface area contributed by atoms with Crippen LogP contribution in [0, 0.1) is 0 Å². The number of amides is 4. The molecule has 1 heterocycles. The number of barbiturate groups is 1. The Morgan fingerprint density at radius 2 is 1.32 bits per heavy atom. The van der Waals surface area contributed by atoms with Crippen molar-refractivity contribution in [1.29, 1.82) is 0 Å². The highest BCUT2D eigenvalue weighted by Crippen LogP contribution is 2.30. The van der Waals surface area contributed by atoms with Gasteiger partial charge in [-0.15, -0.1) is 0 Å². The molecule has 4 amide bonds. The zero-order valence-corrected chi connectivity index (χ0v) is 11.7. The summed E-state index contributed by atoms with van der Waals surface area (Å²) in [5.41, 5.74) is 1.62. The molecule has 1 aliphatic rings. The average Bonchev–Trinajstić information content (AvgIpc) is 2.52. The Balaban J connectivity index is 2.08. The molecule has 2 aromatic rings. The van der Waals surface area contributed by atoms with Crippen LogP contribution in [-0.2, 0) is 9.59 Å². The Kier molecular flexibility index (Phi) is 3.70. The molecule has 1 aliphatic heterocycles. The van der Waals surface area contributed by atoms with E-state index < -0.39 is 23.9 Å². The van der Waals surface area contributed by atoms with Crippen LogP contribution in [0.5, 0.6) is 0 Å². The number of urea groups is 1. The first kappa shape index (κ1) is 14.0. The smallest absolute Gasteiger partial charge is 0.277 e. The number of imide groups is 2. The van der Waals surface area contributed by atoms with Gasteiger partial charge >= 0.3 is 6.03 Å². The molecule has 0 aliphatic carbocycles. The van der Waals surface area contributed by atoms with Gasteiger partial charge in [0.25, 0.3) is 0 Å². The van der Waals surface area contributed by atoms with Crippen molar-refractivity contribution < 1.29 is 14.4 Å². The molecule has 0 atom stereocenters. The van der Waals surface area contributed by atoms with E-state index >= 15 is 0 Å². The Morgan fingerprint density at radius 3 is 1.77 bits per heavy atom. The van der Waals surface area contributed by atoms with E-state index in [0.29, 0.717) is 0 Å². The minimum Gasteiger partial charge on any atom is -0.277 e. The molecule has 0 saturated carbocycles. The zero-order valence-electron chi connectivity index (χ0n) is 11.7. The number of rotatable bonds is 3. The Morgan fingerprint density at radius 1 is 0.818 bits per heavy atom. The molecule has 22 heavy (non-hydrogen) atoms. The minimum absolute atomic E-state index is 0.318. The van der Waals surface area contributed by atoms with Gasteiger partial charge in [0.05, 0.1) is 6.04 Å². The fourth-order valence-electron chi connectivity index (χ4n) is 2.58. The molecule has 0 radical (unpaired) electrons. The van der Waals surface area contributed by atoms with Gasteiger partial charge in [-0.25, -0.2) is 4.79 Å². The lowest BCUT2D eigenvalue weighted by molar-refractivity contribution is -0.137. The topological polar surface area (TPSA) is 66.5 Å². The molecule has 3 rings (SSSR count). The zero-order chi connectivity index (χ0) is 15.5. The minimum atomic E-state index is -0.682. The third-order valence-electron chi connectivity index (χ3n) is 3.53. The number of benzene rings is 2. The maximum Gasteiger partial charge on any atom is 0.331 e. The van der Waals surface area contributed by atoms with Crippen LogP contribution in [0.25, 0.3) is 0 Å². The SMILES string of the molecule is O=C1CC(=O)N(C(c2ccccc2)c2ccccc2)C(=O)N1. The van der Waals surface area contributed by atoms with Gasteiger partial charge in [-0.05, 0) is 11.1 Å². The lowest BCUT2D eigenvalue weighted by Gasteiger charge is -2.33. The molecule has 5 heteroatoms. The van der Waals surface area contributed by atoms with Gasteiger partial charge in [-0.2, -0.15) is 0 Å². The lowest BCUT2D eigenvalue weighted by atomic mass is 9.96. The van der Waals surface area contributed by atoms with Crippen LogP contribution in [0.4, 0.5) is 4.79 Å². The standard InChI is InChI=1S/C17H14N2O3/c20-14-11-15(21)19(17(22)18-14)16(12-7-3-1-4-8-12)13-9-5-2-6-10-13/h1-10,16H,11H2,(H,18,20,22). The fraction of sp³-hybridized carbons (Fsp3) is 0.118. The van der Waals surface area contributed by atoms with E-state index in [1.165, 1.54) is 0 Å². The number of carbonyl (C=O) groups is 3. The van der Waals surface area contributed by atoms with Gasteiger partial charge in [-0.3, -0.25) is 19.8 Å². The van der Waals surface area contributed by atoms with Crippen LogP contribution in [0.2, 0.25) is 0 Å². The molecule has 0 aromatic heterocycles. The highest BCUT2D eigenvalue weighted by Gasteiger charge is 2.37. The van der Waals surface area contributed by atoms with Crippen molar-refractivity contribution in [2.24, 2.45) is 0 Å². The monoisotopic (exact) mass is 294 g/mol. The first-order chi connectivity index (χ1) is 10.7. The molecule has 5 nitrogen and oxygen atoms in total. The molecule has 1 N–H and O–H groups in total. The third-order valence-corrected chi connectivity index (χ3v) is 3.53. The van der Waals surface area contributed by atoms with E-state index in [9.17, 15) is 14.4 Å². The second-order valence-corrected chi connectivity index (χ2v) is 5.02. The number of carbonyl (C=O) groups excluding carboxylic acids is 3. The van der Waals surface area contributed by atoms with Crippen LogP contribution in [-0.4, -0.2) is 22.7 Å². The van der Waals surface area contributed by atoms with E-state index in [1.807, 2.05) is 60.7 Å². The van der Waals surface area contributed by atoms with Crippen molar-refractivity contribution in [3.63, 3.8) is 0 Å². The lowest BCUT2D eigenvalue weighted by Crippen LogP contribution is -2.54. The summed E-state index contributed by atoms with van der Waals surface area (Å²) in [6.07, 6.45) is -0.318. The Hall–Kier alpha value is -2.95. The average molecular weight is 294 g/mol. The molecule has 110 valence electrons. The normalized spacial score (nSPS) is 15.1. The first-order valence-corrected chi connectivity index (χ1v) is 6.92. The quantitative estimate of drug-likeness (QED) is 0.883. The van der Waals surface area contributed by atoms with Crippen molar-refractivity contribution in [3.05, 3.63) is 71.8 Å². The summed E-state index contributed by atoms with van der Waals surface area (Å²) in [5, 5.41) is 2.21. The number of nitrogens with zero attached hydrogens (tertiary/aromatic N) is 1. The molecule has 1 fully saturated rings. The summed E-state index contributed by atoms with van der Waals surface area (Å²) in [5.74, 6) is -1.06. The van der Waals surface area contributed by atoms with Crippen molar-refractivity contribution in [2.75, 3.05) is 0 Å². The maximum absolute atomic E-state index is 12.2. The molecule has 0 unspecified atom stereocenters. The first-order valence-electron chi connectivity index (χ1n) is 6.92. The fourth-order valence-corrected chi connectivity index (χ4v) is 2.58. The molecular weight excluding hydrogens is 280 g/mol. The highest BCUT2D eigenvalue weighted by atomic mass is 16.2. The van der Waals surface area contributed by atoms with Gasteiger partial charge in [0.15, 0.2) is 0 Å². The van der Waals surface area contributed by atoms with Crippen LogP contribution in [0.15, 0.2) is 60.7 Å². The summed E-state index contributed by atoms with van der Waals surface area (Å²) in [4.78, 5) is 36.9. The summed E-state index contributed by atoms with van der Waals surface area (Å²) in [7, 11) is 0. The van der Waals surface area contributed by atoms with Crippen molar-refractivity contribution in [2.45, 2.75) is 12.5 Å². The third kappa shape index (κ3) is 2.61. The van der Waals surface area contributed by atoms with E-state index in [1.54, 1.807) is 0 Å². The molecule has 2 aromatic carbocycles. The summed E-state index contributed by atoms with van der Waals surface area (Å²) < 4.78 is 0. The molecular formula is C17H14N2O3. The summed E-state index contributed by atoms with van der Waals surface area (Å²) in [6, 6.07) is 17.3. The molecule has 0 bridgehead atoms. The van der Waals surface area contributed by atoms with Crippen LogP contribution in [0.1, 0.15) is 23.6 Å². The van der Waals surface area contributed by atoms with Crippen LogP contribution < -0.4 is 5.32 Å². The van der Waals surface area contributed by atoms with Gasteiger partial charge in [0.1, 0.15) is 6.42 Å². The molecule has 1 saturated heterocycles. The highest BCUT2D eigenvalue weighted by molar-refractivity contribution is 6.14. The number of hydrogen-bond donors (Lipinski definition) is 1. The van der Waals surface area contributed by atoms with Gasteiger partial charge in [0.2, 0.25) is 11.8 Å². The van der Waals surface area contributed by atoms with Crippen LogP contribution >= 0.6 is 0 Å². The van der Waals surface area contributed by atoms with Crippen LogP contribution in [0.3, 0.4) is 0 Å². The van der Waals surface area contributed by atoms with Gasteiger partial charge in [0, 0.05) is 0 Å². The largest absolute Gasteiger partial charge is 0.331 e. The van der Waals surface area contributed by atoms with Crippen molar-refractivity contribution in [3.8, 4) is 0 Å². The molecule has 0 spiro atoms. The second kappa shape index (κ2) is 5.81. The van der Waals surface area contributed by atoms with Gasteiger partial charge in [-0.1, -0.05) is 60.7 Å². The summed E-state index contributed by atoms with van der Waals surface area (Å²) >= 11 is 0. The predicted molar refractivity (Wildman–Crippen MR) is 79.7 cm³/mol. The van der Waals surface area contributed by atoms with Gasteiger partial charge < -0.3 is 0 Å². The Bertz CT molecular complexity index is 654. The summed E-state index contributed by atoms with van der Waals surface area (Å²) in [6.45, 7) is 0. The van der Waals surface area contributed by atoms with E-state index in [-0.39, 0.29) is 6.42 Å². The maximum atomic E-state index is 12.2. The van der Waals surface area contributed by atoms with E-state index in [2.05, 4.69) is 5.32 Å². The number of hydrogen-bond acceptors (Lipinski definition) is 3. The van der Waals surface area contributed by atoms with Crippen molar-refractivity contribution >= 4 is 17.8 Å². The van der Waals surface area contributed by atoms with Crippen molar-refractivity contribution in [1.82, 2.24) is 10.2 Å². The number of nitrogens with one attached hydrogen (secondary N) is 1. The van der Waals surface area contributed by atoms with E-state index in [0.717, 1.165) is 16.0 Å². The predicted octanol–water partition coefficient (Wildman–Crippen LogP) is 2.24.